The van der Waals surface area contributed by atoms with Crippen molar-refractivity contribution in [3.63, 3.8) is 0 Å². The van der Waals surface area contributed by atoms with Crippen LogP contribution in [0.1, 0.15) is 115 Å². The molecule has 0 unspecified atom stereocenters. The summed E-state index contributed by atoms with van der Waals surface area (Å²) in [7, 11) is 0. The van der Waals surface area contributed by atoms with Crippen molar-refractivity contribution >= 4 is 0 Å². The third-order valence-corrected chi connectivity index (χ3v) is 7.73. The standard InChI is InChI=1S/C26H39F3/c1-2-3-4-6-19-9-11-20(12-10-19)7-5-8-21-13-15-22(16-14-21)23-17-24(27)26(29)25(28)18-23/h17-22H,2-16H2,1H3. The van der Waals surface area contributed by atoms with Crippen LogP contribution in [0.5, 0.6) is 0 Å². The Morgan fingerprint density at radius 1 is 0.655 bits per heavy atom. The van der Waals surface area contributed by atoms with Crippen molar-refractivity contribution in [3.05, 3.63) is 35.1 Å². The first-order valence-corrected chi connectivity index (χ1v) is 12.2. The first kappa shape index (κ1) is 22.7. The van der Waals surface area contributed by atoms with Gasteiger partial charge < -0.3 is 0 Å². The highest BCUT2D eigenvalue weighted by Crippen LogP contribution is 2.40. The number of halogens is 3. The lowest BCUT2D eigenvalue weighted by molar-refractivity contribution is 0.234. The predicted molar refractivity (Wildman–Crippen MR) is 114 cm³/mol. The molecule has 0 bridgehead atoms. The van der Waals surface area contributed by atoms with Crippen LogP contribution in [0.2, 0.25) is 0 Å². The molecular formula is C26H39F3. The molecule has 3 heteroatoms. The molecule has 2 fully saturated rings. The van der Waals surface area contributed by atoms with Crippen LogP contribution < -0.4 is 0 Å². The maximum atomic E-state index is 13.5. The summed E-state index contributed by atoms with van der Waals surface area (Å²) in [5, 5.41) is 0. The highest BCUT2D eigenvalue weighted by atomic mass is 19.2. The third-order valence-electron chi connectivity index (χ3n) is 7.73. The van der Waals surface area contributed by atoms with E-state index in [1.165, 1.54) is 82.8 Å². The van der Waals surface area contributed by atoms with Crippen LogP contribution in [0.25, 0.3) is 0 Å². The zero-order valence-electron chi connectivity index (χ0n) is 18.2. The van der Waals surface area contributed by atoms with Gasteiger partial charge in [0.2, 0.25) is 0 Å². The van der Waals surface area contributed by atoms with E-state index in [0.717, 1.165) is 43.4 Å². The fourth-order valence-corrected chi connectivity index (χ4v) is 5.78. The molecule has 1 aromatic carbocycles. The van der Waals surface area contributed by atoms with E-state index in [9.17, 15) is 13.2 Å². The molecule has 0 spiro atoms. The fraction of sp³-hybridized carbons (Fsp3) is 0.769. The number of unbranched alkanes of at least 4 members (excludes halogenated alkanes) is 2. The average molecular weight is 409 g/mol. The van der Waals surface area contributed by atoms with E-state index in [1.807, 2.05) is 0 Å². The van der Waals surface area contributed by atoms with Gasteiger partial charge in [0.25, 0.3) is 0 Å². The van der Waals surface area contributed by atoms with E-state index in [4.69, 9.17) is 0 Å². The maximum Gasteiger partial charge on any atom is 0.194 e. The minimum absolute atomic E-state index is 0.179. The number of rotatable bonds is 9. The van der Waals surface area contributed by atoms with Crippen LogP contribution in [0, 0.1) is 35.2 Å². The normalized spacial score (nSPS) is 27.9. The second-order valence-corrected chi connectivity index (χ2v) is 9.83. The van der Waals surface area contributed by atoms with E-state index in [1.54, 1.807) is 0 Å². The molecule has 0 amide bonds. The lowest BCUT2D eigenvalue weighted by atomic mass is 9.75. The maximum absolute atomic E-state index is 13.5. The average Bonchev–Trinajstić information content (AvgIpc) is 2.73. The molecule has 0 nitrogen and oxygen atoms in total. The van der Waals surface area contributed by atoms with Gasteiger partial charge in [0.1, 0.15) is 0 Å². The second-order valence-electron chi connectivity index (χ2n) is 9.83. The zero-order valence-corrected chi connectivity index (χ0v) is 18.2. The molecule has 0 N–H and O–H groups in total. The molecule has 0 radical (unpaired) electrons. The summed E-state index contributed by atoms with van der Waals surface area (Å²) < 4.78 is 40.2. The number of hydrogen-bond donors (Lipinski definition) is 0. The Bertz CT molecular complexity index is 587. The monoisotopic (exact) mass is 408 g/mol. The van der Waals surface area contributed by atoms with Crippen LogP contribution >= 0.6 is 0 Å². The summed E-state index contributed by atoms with van der Waals surface area (Å²) in [5.41, 5.74) is 0.635. The van der Waals surface area contributed by atoms with Crippen molar-refractivity contribution in [1.82, 2.24) is 0 Å². The first-order chi connectivity index (χ1) is 14.1. The molecule has 0 saturated heterocycles. The van der Waals surface area contributed by atoms with Crippen molar-refractivity contribution < 1.29 is 13.2 Å². The van der Waals surface area contributed by atoms with Gasteiger partial charge in [-0.05, 0) is 67.1 Å². The van der Waals surface area contributed by atoms with Crippen molar-refractivity contribution in [2.75, 3.05) is 0 Å². The number of benzene rings is 1. The quantitative estimate of drug-likeness (QED) is 0.282. The Morgan fingerprint density at radius 2 is 1.10 bits per heavy atom. The highest BCUT2D eigenvalue weighted by molar-refractivity contribution is 5.23. The van der Waals surface area contributed by atoms with Gasteiger partial charge in [0, 0.05) is 0 Å². The van der Waals surface area contributed by atoms with Gasteiger partial charge in [-0.15, -0.1) is 0 Å². The molecular weight excluding hydrogens is 369 g/mol. The van der Waals surface area contributed by atoms with Crippen LogP contribution in [-0.4, -0.2) is 0 Å². The molecule has 0 aromatic heterocycles. The summed E-state index contributed by atoms with van der Waals surface area (Å²) >= 11 is 0. The van der Waals surface area contributed by atoms with E-state index < -0.39 is 17.5 Å². The van der Waals surface area contributed by atoms with E-state index >= 15 is 0 Å². The molecule has 2 aliphatic carbocycles. The Hall–Kier alpha value is -0.990. The van der Waals surface area contributed by atoms with Gasteiger partial charge in [-0.3, -0.25) is 0 Å². The van der Waals surface area contributed by atoms with Crippen molar-refractivity contribution in [3.8, 4) is 0 Å². The second kappa shape index (κ2) is 11.4. The summed E-state index contributed by atoms with van der Waals surface area (Å²) in [5.74, 6) is -0.583. The van der Waals surface area contributed by atoms with Crippen LogP contribution in [0.4, 0.5) is 13.2 Å². The van der Waals surface area contributed by atoms with Gasteiger partial charge in [-0.25, -0.2) is 13.2 Å². The minimum atomic E-state index is -1.35. The van der Waals surface area contributed by atoms with Crippen LogP contribution in [0.3, 0.4) is 0 Å². The minimum Gasteiger partial charge on any atom is -0.204 e. The van der Waals surface area contributed by atoms with E-state index in [0.29, 0.717) is 5.56 Å². The summed E-state index contributed by atoms with van der Waals surface area (Å²) in [6, 6.07) is 2.39. The SMILES string of the molecule is CCCCCC1CCC(CCCC2CCC(c3cc(F)c(F)c(F)c3)CC2)CC1. The van der Waals surface area contributed by atoms with E-state index in [2.05, 4.69) is 6.92 Å². The van der Waals surface area contributed by atoms with Crippen LogP contribution in [0.15, 0.2) is 12.1 Å². The molecule has 3 rings (SSSR count). The number of hydrogen-bond acceptors (Lipinski definition) is 0. The van der Waals surface area contributed by atoms with Gasteiger partial charge >= 0.3 is 0 Å². The molecule has 0 atom stereocenters. The van der Waals surface area contributed by atoms with Crippen molar-refractivity contribution in [1.29, 1.82) is 0 Å². The highest BCUT2D eigenvalue weighted by Gasteiger charge is 2.25. The Labute approximate surface area is 175 Å². The van der Waals surface area contributed by atoms with E-state index in [-0.39, 0.29) is 5.92 Å². The van der Waals surface area contributed by atoms with Crippen molar-refractivity contribution in [2.24, 2.45) is 17.8 Å². The molecule has 0 heterocycles. The zero-order chi connectivity index (χ0) is 20.6. The van der Waals surface area contributed by atoms with Gasteiger partial charge in [-0.1, -0.05) is 77.6 Å². The Balaban J connectivity index is 1.31. The Morgan fingerprint density at radius 3 is 1.59 bits per heavy atom. The summed E-state index contributed by atoms with van der Waals surface area (Å²) in [6.07, 6.45) is 19.6. The largest absolute Gasteiger partial charge is 0.204 e. The Kier molecular flexibility index (Phi) is 8.93. The lowest BCUT2D eigenvalue weighted by Crippen LogP contribution is -2.16. The van der Waals surface area contributed by atoms with Gasteiger partial charge in [0.05, 0.1) is 0 Å². The first-order valence-electron chi connectivity index (χ1n) is 12.2. The molecule has 164 valence electrons. The lowest BCUT2D eigenvalue weighted by Gasteiger charge is -2.31. The molecule has 2 aliphatic rings. The van der Waals surface area contributed by atoms with Gasteiger partial charge in [-0.2, -0.15) is 0 Å². The summed E-state index contributed by atoms with van der Waals surface area (Å²) in [4.78, 5) is 0. The predicted octanol–water partition coefficient (Wildman–Crippen LogP) is 8.93. The topological polar surface area (TPSA) is 0 Å². The van der Waals surface area contributed by atoms with Crippen LogP contribution in [-0.2, 0) is 0 Å². The fourth-order valence-electron chi connectivity index (χ4n) is 5.78. The molecule has 29 heavy (non-hydrogen) atoms. The molecule has 2 saturated carbocycles. The van der Waals surface area contributed by atoms with Gasteiger partial charge in [0.15, 0.2) is 17.5 Å². The van der Waals surface area contributed by atoms with Crippen molar-refractivity contribution in [2.45, 2.75) is 109 Å². The summed E-state index contributed by atoms with van der Waals surface area (Å²) in [6.45, 7) is 2.28. The molecule has 0 aliphatic heterocycles. The smallest absolute Gasteiger partial charge is 0.194 e. The third kappa shape index (κ3) is 6.76. The molecule has 1 aromatic rings.